The van der Waals surface area contributed by atoms with E-state index >= 15 is 0 Å². The molecule has 0 saturated carbocycles. The molecule has 2 rings (SSSR count). The number of nitrogens with one attached hydrogen (secondary N) is 1. The maximum absolute atomic E-state index is 14.4. The van der Waals surface area contributed by atoms with Gasteiger partial charge in [-0.25, -0.2) is 14.2 Å². The number of anilines is 1. The maximum Gasteiger partial charge on any atom is 0.348 e. The van der Waals surface area contributed by atoms with Crippen LogP contribution in [0.25, 0.3) is 11.2 Å². The molecule has 8 nitrogen and oxygen atoms in total. The molecule has 116 valence electrons. The van der Waals surface area contributed by atoms with Crippen LogP contribution < -0.4 is 11.4 Å². The van der Waals surface area contributed by atoms with Gasteiger partial charge in [-0.05, 0) is 13.8 Å². The maximum atomic E-state index is 14.4. The van der Waals surface area contributed by atoms with Crippen LogP contribution in [-0.4, -0.2) is 50.1 Å². The van der Waals surface area contributed by atoms with Crippen LogP contribution >= 0.6 is 0 Å². The zero-order valence-corrected chi connectivity index (χ0v) is 11.9. The summed E-state index contributed by atoms with van der Waals surface area (Å²) in [6, 6.07) is -0.795. The van der Waals surface area contributed by atoms with Gasteiger partial charge in [-0.15, -0.1) is 0 Å². The fourth-order valence-corrected chi connectivity index (χ4v) is 2.09. The molecule has 0 aliphatic carbocycles. The molecule has 9 heteroatoms. The van der Waals surface area contributed by atoms with Crippen LogP contribution in [0.1, 0.15) is 19.9 Å². The summed E-state index contributed by atoms with van der Waals surface area (Å²) >= 11 is 0. The second kappa shape index (κ2) is 5.78. The SMILES string of the molecule is COC(C)C(O)C(F)C(C)n1cnc2c(N)[nH]c(=O)nc21. The van der Waals surface area contributed by atoms with Crippen molar-refractivity contribution in [2.75, 3.05) is 12.8 Å². The average Bonchev–Trinajstić information content (AvgIpc) is 2.87. The van der Waals surface area contributed by atoms with Crippen molar-refractivity contribution >= 4 is 17.0 Å². The summed E-state index contributed by atoms with van der Waals surface area (Å²) in [4.78, 5) is 21.5. The normalized spacial score (nSPS) is 17.6. The molecule has 0 aromatic carbocycles. The molecule has 2 heterocycles. The highest BCUT2D eigenvalue weighted by Gasteiger charge is 2.31. The largest absolute Gasteiger partial charge is 0.387 e. The lowest BCUT2D eigenvalue weighted by Gasteiger charge is -2.26. The van der Waals surface area contributed by atoms with Crippen LogP contribution in [0.4, 0.5) is 10.2 Å². The number of nitrogens with zero attached hydrogens (tertiary/aromatic N) is 3. The van der Waals surface area contributed by atoms with Gasteiger partial charge in [0, 0.05) is 7.11 Å². The highest BCUT2D eigenvalue weighted by Crippen LogP contribution is 2.24. The first-order chi connectivity index (χ1) is 9.86. The minimum absolute atomic E-state index is 0.0668. The number of H-pyrrole nitrogens is 1. The number of rotatable bonds is 5. The molecule has 4 atom stereocenters. The number of aromatic amines is 1. The number of aromatic nitrogens is 4. The zero-order valence-electron chi connectivity index (χ0n) is 11.9. The smallest absolute Gasteiger partial charge is 0.348 e. The Morgan fingerprint density at radius 3 is 2.81 bits per heavy atom. The van der Waals surface area contributed by atoms with Crippen LogP contribution in [0.2, 0.25) is 0 Å². The molecular weight excluding hydrogens is 281 g/mol. The molecule has 0 saturated heterocycles. The predicted molar refractivity (Wildman–Crippen MR) is 74.6 cm³/mol. The summed E-state index contributed by atoms with van der Waals surface area (Å²) in [5.41, 5.74) is 5.45. The number of fused-ring (bicyclic) bond motifs is 1. The van der Waals surface area contributed by atoms with Crippen molar-refractivity contribution < 1.29 is 14.2 Å². The molecule has 0 bridgehead atoms. The van der Waals surface area contributed by atoms with Crippen LogP contribution in [0, 0.1) is 0 Å². The highest BCUT2D eigenvalue weighted by molar-refractivity contribution is 5.81. The Labute approximate surface area is 119 Å². The van der Waals surface area contributed by atoms with E-state index in [4.69, 9.17) is 10.5 Å². The number of imidazole rings is 1. The van der Waals surface area contributed by atoms with E-state index in [0.717, 1.165) is 0 Å². The first-order valence-corrected chi connectivity index (χ1v) is 6.44. The number of ether oxygens (including phenoxy) is 1. The first-order valence-electron chi connectivity index (χ1n) is 6.44. The highest BCUT2D eigenvalue weighted by atomic mass is 19.1. The van der Waals surface area contributed by atoms with E-state index < -0.39 is 30.1 Å². The number of alkyl halides is 1. The van der Waals surface area contributed by atoms with Gasteiger partial charge in [0.15, 0.2) is 5.65 Å². The van der Waals surface area contributed by atoms with E-state index in [1.165, 1.54) is 18.0 Å². The van der Waals surface area contributed by atoms with E-state index in [0.29, 0.717) is 0 Å². The number of halogens is 1. The van der Waals surface area contributed by atoms with Crippen molar-refractivity contribution in [3.63, 3.8) is 0 Å². The summed E-state index contributed by atoms with van der Waals surface area (Å²) in [5.74, 6) is 0.0668. The standard InChI is InChI=1S/C12H18FN5O3/c1-5(7(13)9(19)6(2)21-3)18-4-15-8-10(14)16-12(20)17-11(8)18/h4-7,9,19H,1-3H3,(H3,14,16,17,20). The van der Waals surface area contributed by atoms with Gasteiger partial charge in [-0.1, -0.05) is 0 Å². The van der Waals surface area contributed by atoms with Crippen molar-refractivity contribution in [3.8, 4) is 0 Å². The summed E-state index contributed by atoms with van der Waals surface area (Å²) in [7, 11) is 1.39. The van der Waals surface area contributed by atoms with Gasteiger partial charge in [-0.2, -0.15) is 4.98 Å². The first kappa shape index (κ1) is 15.4. The van der Waals surface area contributed by atoms with E-state index in [2.05, 4.69) is 15.0 Å². The van der Waals surface area contributed by atoms with Crippen molar-refractivity contribution in [3.05, 3.63) is 16.8 Å². The predicted octanol–water partition coefficient (Wildman–Crippen LogP) is -0.00330. The number of nitrogen functional groups attached to an aromatic ring is 1. The van der Waals surface area contributed by atoms with Gasteiger partial charge < -0.3 is 20.1 Å². The van der Waals surface area contributed by atoms with Crippen LogP contribution in [-0.2, 0) is 4.74 Å². The second-order valence-electron chi connectivity index (χ2n) is 4.90. The Balaban J connectivity index is 2.40. The molecule has 0 fully saturated rings. The fraction of sp³-hybridized carbons (Fsp3) is 0.583. The van der Waals surface area contributed by atoms with Gasteiger partial charge in [0.2, 0.25) is 0 Å². The Hall–Kier alpha value is -2.00. The van der Waals surface area contributed by atoms with Gasteiger partial charge in [0.05, 0.1) is 18.5 Å². The molecule has 0 amide bonds. The number of methoxy groups -OCH3 is 1. The third kappa shape index (κ3) is 2.74. The molecule has 2 aromatic heterocycles. The van der Waals surface area contributed by atoms with Crippen LogP contribution in [0.15, 0.2) is 11.1 Å². The zero-order chi connectivity index (χ0) is 15.7. The average molecular weight is 299 g/mol. The molecule has 2 aromatic rings. The van der Waals surface area contributed by atoms with Gasteiger partial charge in [0.1, 0.15) is 23.6 Å². The minimum Gasteiger partial charge on any atom is -0.387 e. The molecule has 0 spiro atoms. The topological polar surface area (TPSA) is 119 Å². The van der Waals surface area contributed by atoms with Crippen molar-refractivity contribution in [1.29, 1.82) is 0 Å². The third-order valence-corrected chi connectivity index (χ3v) is 3.55. The molecule has 0 radical (unpaired) electrons. The van der Waals surface area contributed by atoms with Crippen molar-refractivity contribution in [2.24, 2.45) is 0 Å². The summed E-state index contributed by atoms with van der Waals surface area (Å²) in [6.07, 6.45) is -2.27. The van der Waals surface area contributed by atoms with Gasteiger partial charge in [-0.3, -0.25) is 4.98 Å². The molecule has 0 aliphatic heterocycles. The monoisotopic (exact) mass is 299 g/mol. The lowest BCUT2D eigenvalue weighted by molar-refractivity contribution is -0.0525. The summed E-state index contributed by atoms with van der Waals surface area (Å²) in [5, 5.41) is 9.89. The number of hydrogen-bond acceptors (Lipinski definition) is 6. The number of nitrogens with two attached hydrogens (primary N) is 1. The van der Waals surface area contributed by atoms with Gasteiger partial charge >= 0.3 is 5.69 Å². The number of hydrogen-bond donors (Lipinski definition) is 3. The lowest BCUT2D eigenvalue weighted by atomic mass is 10.0. The van der Waals surface area contributed by atoms with E-state index in [1.54, 1.807) is 13.8 Å². The van der Waals surface area contributed by atoms with Crippen molar-refractivity contribution in [2.45, 2.75) is 38.3 Å². The van der Waals surface area contributed by atoms with E-state index in [1.807, 2.05) is 0 Å². The quantitative estimate of drug-likeness (QED) is 0.715. The Morgan fingerprint density at radius 1 is 1.52 bits per heavy atom. The molecule has 21 heavy (non-hydrogen) atoms. The second-order valence-corrected chi connectivity index (χ2v) is 4.90. The third-order valence-electron chi connectivity index (χ3n) is 3.55. The summed E-state index contributed by atoms with van der Waals surface area (Å²) < 4.78 is 20.7. The van der Waals surface area contributed by atoms with Crippen LogP contribution in [0.3, 0.4) is 0 Å². The lowest BCUT2D eigenvalue weighted by Crippen LogP contribution is -2.38. The molecule has 0 aliphatic rings. The fourth-order valence-electron chi connectivity index (χ4n) is 2.09. The minimum atomic E-state index is -1.63. The Morgan fingerprint density at radius 2 is 2.19 bits per heavy atom. The van der Waals surface area contributed by atoms with Crippen LogP contribution in [0.5, 0.6) is 0 Å². The Bertz CT molecular complexity index is 685. The van der Waals surface area contributed by atoms with E-state index in [-0.39, 0.29) is 17.0 Å². The number of aliphatic hydroxyl groups is 1. The molecular formula is C12H18FN5O3. The van der Waals surface area contributed by atoms with E-state index in [9.17, 15) is 14.3 Å². The van der Waals surface area contributed by atoms with Crippen molar-refractivity contribution in [1.82, 2.24) is 19.5 Å². The van der Waals surface area contributed by atoms with Gasteiger partial charge in [0.25, 0.3) is 0 Å². The Kier molecular flexibility index (Phi) is 4.24. The molecule has 4 unspecified atom stereocenters. The number of aliphatic hydroxyl groups excluding tert-OH is 1. The molecule has 4 N–H and O–H groups in total. The summed E-state index contributed by atoms with van der Waals surface area (Å²) in [6.45, 7) is 3.12.